The Kier molecular flexibility index (Phi) is 5.92. The summed E-state index contributed by atoms with van der Waals surface area (Å²) in [5.74, 6) is 0.646. The zero-order valence-corrected chi connectivity index (χ0v) is 29.6. The molecule has 0 fully saturated rings. The Morgan fingerprint density at radius 2 is 0.982 bits per heavy atom. The van der Waals surface area contributed by atoms with Gasteiger partial charge in [-0.25, -0.2) is 15.0 Å². The van der Waals surface area contributed by atoms with Gasteiger partial charge in [-0.05, 0) is 58.6 Å². The van der Waals surface area contributed by atoms with Gasteiger partial charge in [-0.3, -0.25) is 0 Å². The highest BCUT2D eigenvalue weighted by atomic mass is 16.3. The van der Waals surface area contributed by atoms with Gasteiger partial charge in [0.1, 0.15) is 11.2 Å². The van der Waals surface area contributed by atoms with Gasteiger partial charge in [0.2, 0.25) is 0 Å². The van der Waals surface area contributed by atoms with Crippen LogP contribution in [0.4, 0.5) is 0 Å². The summed E-state index contributed by atoms with van der Waals surface area (Å²) in [6, 6.07) is 46.0. The Morgan fingerprint density at radius 1 is 0.411 bits per heavy atom. The van der Waals surface area contributed by atoms with Crippen molar-refractivity contribution in [3.63, 3.8) is 0 Å². The van der Waals surface area contributed by atoms with Crippen molar-refractivity contribution in [3.8, 4) is 62.1 Å². The second-order valence-corrected chi connectivity index (χ2v) is 13.5. The third-order valence-electron chi connectivity index (χ3n) is 10.2. The van der Waals surface area contributed by atoms with E-state index in [-0.39, 0.29) is 57.4 Å². The number of hydrogen-bond acceptors (Lipinski definition) is 4. The summed E-state index contributed by atoms with van der Waals surface area (Å²) in [6.45, 7) is 0. The van der Waals surface area contributed by atoms with E-state index in [0.717, 1.165) is 33.0 Å². The first-order chi connectivity index (χ1) is 30.7. The lowest BCUT2D eigenvalue weighted by Gasteiger charge is -2.13. The Bertz CT molecular complexity index is 3630. The summed E-state index contributed by atoms with van der Waals surface area (Å²) in [4.78, 5) is 14.9. The Morgan fingerprint density at radius 3 is 1.71 bits per heavy atom. The number of hydrogen-bond donors (Lipinski definition) is 0. The molecule has 3 heterocycles. The molecule has 0 unspecified atom stereocenters. The molecule has 8 aromatic carbocycles. The lowest BCUT2D eigenvalue weighted by molar-refractivity contribution is 0.668. The van der Waals surface area contributed by atoms with Crippen LogP contribution >= 0.6 is 0 Å². The minimum atomic E-state index is -0.483. The van der Waals surface area contributed by atoms with E-state index in [0.29, 0.717) is 39.6 Å². The number of furan rings is 1. The average Bonchev–Trinajstić information content (AvgIpc) is 3.88. The van der Waals surface area contributed by atoms with Crippen molar-refractivity contribution in [3.05, 3.63) is 194 Å². The Hall–Kier alpha value is -7.63. The summed E-state index contributed by atoms with van der Waals surface area (Å²) in [7, 11) is 0. The van der Waals surface area contributed by atoms with Crippen molar-refractivity contribution < 1.29 is 14.0 Å². The maximum Gasteiger partial charge on any atom is 0.166 e. The van der Waals surface area contributed by atoms with E-state index in [1.54, 1.807) is 10.6 Å². The maximum atomic E-state index is 9.54. The fourth-order valence-electron chi connectivity index (χ4n) is 7.48. The molecule has 0 N–H and O–H groups in total. The summed E-state index contributed by atoms with van der Waals surface area (Å²) in [6.07, 6.45) is 0. The van der Waals surface area contributed by atoms with Crippen molar-refractivity contribution in [2.45, 2.75) is 0 Å². The van der Waals surface area contributed by atoms with Crippen molar-refractivity contribution in [1.82, 2.24) is 19.5 Å². The number of aromatic nitrogens is 4. The zero-order valence-electron chi connectivity index (χ0n) is 36.6. The number of fused-ring (bicyclic) bond motifs is 6. The van der Waals surface area contributed by atoms with Crippen LogP contribution in [0, 0.1) is 0 Å². The van der Waals surface area contributed by atoms with Gasteiger partial charge in [0.25, 0.3) is 0 Å². The van der Waals surface area contributed by atoms with Crippen molar-refractivity contribution in [1.29, 1.82) is 0 Å². The summed E-state index contributed by atoms with van der Waals surface area (Å²) >= 11 is 0. The number of para-hydroxylation sites is 2. The van der Waals surface area contributed by atoms with Crippen LogP contribution in [0.15, 0.2) is 198 Å². The van der Waals surface area contributed by atoms with Gasteiger partial charge in [-0.15, -0.1) is 0 Å². The molecule has 5 heteroatoms. The summed E-state index contributed by atoms with van der Waals surface area (Å²) in [5, 5.41) is 1.84. The molecule has 0 saturated heterocycles. The topological polar surface area (TPSA) is 56.7 Å². The Balaban J connectivity index is 1.21. The van der Waals surface area contributed by atoms with Crippen LogP contribution in [0.3, 0.4) is 0 Å². The van der Waals surface area contributed by atoms with Crippen LogP contribution in [0.5, 0.6) is 0 Å². The van der Waals surface area contributed by atoms with E-state index in [1.165, 1.54) is 0 Å². The number of rotatable bonds is 6. The molecule has 262 valence electrons. The lowest BCUT2D eigenvalue weighted by Crippen LogP contribution is -2.02. The van der Waals surface area contributed by atoms with E-state index in [1.807, 2.05) is 140 Å². The standard InChI is InChI=1S/C51H32N4O/c1-4-13-33(14-5-1)35-23-25-37(26-24-35)50-52-49(36-17-8-3-9-18-36)53-51(54-50)43-21-12-20-42-40-19-10-11-22-45(40)55(48(42)43)39-28-29-41-44-31-38(34-15-6-2-7-16-34)27-30-46(44)56-47(41)32-39/h1-32H/i10D,11D,12D,19D,20D,21D,22D. The molecule has 0 bridgehead atoms. The smallest absolute Gasteiger partial charge is 0.166 e. The van der Waals surface area contributed by atoms with Gasteiger partial charge in [0, 0.05) is 50.0 Å². The first-order valence-corrected chi connectivity index (χ1v) is 18.2. The van der Waals surface area contributed by atoms with Crippen LogP contribution in [-0.4, -0.2) is 19.5 Å². The van der Waals surface area contributed by atoms with Crippen LogP contribution in [0.2, 0.25) is 0 Å². The Labute approximate surface area is 332 Å². The quantitative estimate of drug-likeness (QED) is 0.171. The van der Waals surface area contributed by atoms with Gasteiger partial charge in [-0.1, -0.05) is 152 Å². The molecule has 0 spiro atoms. The zero-order chi connectivity index (χ0) is 43.1. The van der Waals surface area contributed by atoms with Crippen LogP contribution in [0.25, 0.3) is 106 Å². The molecule has 0 radical (unpaired) electrons. The predicted molar refractivity (Wildman–Crippen MR) is 229 cm³/mol. The lowest BCUT2D eigenvalue weighted by atomic mass is 10.0. The van der Waals surface area contributed by atoms with E-state index >= 15 is 0 Å². The van der Waals surface area contributed by atoms with Gasteiger partial charge in [0.15, 0.2) is 17.5 Å². The number of nitrogens with zero attached hydrogens (tertiary/aromatic N) is 4. The molecule has 0 saturated carbocycles. The third-order valence-corrected chi connectivity index (χ3v) is 10.2. The van der Waals surface area contributed by atoms with Gasteiger partial charge >= 0.3 is 0 Å². The van der Waals surface area contributed by atoms with E-state index in [4.69, 9.17) is 23.5 Å². The average molecular weight is 724 g/mol. The van der Waals surface area contributed by atoms with Crippen molar-refractivity contribution >= 4 is 43.7 Å². The molecule has 3 aromatic heterocycles. The third kappa shape index (κ3) is 5.37. The minimum Gasteiger partial charge on any atom is -0.456 e. The molecule has 0 atom stereocenters. The van der Waals surface area contributed by atoms with E-state index < -0.39 is 18.1 Å². The largest absolute Gasteiger partial charge is 0.456 e. The SMILES string of the molecule is [2H]c1c([2H])c([2H])c2c(c1[2H])c1c([2H])c([2H])c([2H])c(-c3nc(-c4ccccc4)nc(-c4ccc(-c5ccccc5)cc4)n3)c1n2-c1ccc2c(c1)oc1ccc(-c3ccccc3)cc12. The predicted octanol–water partition coefficient (Wildman–Crippen LogP) is 13.2. The fraction of sp³-hybridized carbons (Fsp3) is 0. The van der Waals surface area contributed by atoms with Crippen molar-refractivity contribution in [2.24, 2.45) is 0 Å². The first kappa shape index (κ1) is 25.4. The maximum absolute atomic E-state index is 9.54. The molecule has 0 aliphatic carbocycles. The fourth-order valence-corrected chi connectivity index (χ4v) is 7.48. The summed E-state index contributed by atoms with van der Waals surface area (Å²) in [5.41, 5.74) is 7.43. The van der Waals surface area contributed by atoms with Crippen LogP contribution in [0.1, 0.15) is 9.60 Å². The first-order valence-electron chi connectivity index (χ1n) is 21.7. The highest BCUT2D eigenvalue weighted by molar-refractivity contribution is 6.14. The molecule has 0 aliphatic heterocycles. The van der Waals surface area contributed by atoms with Gasteiger partial charge in [0.05, 0.1) is 20.6 Å². The second kappa shape index (κ2) is 13.0. The van der Waals surface area contributed by atoms with Gasteiger partial charge < -0.3 is 8.98 Å². The highest BCUT2D eigenvalue weighted by Gasteiger charge is 2.21. The molecular formula is C51H32N4O. The second-order valence-electron chi connectivity index (χ2n) is 13.5. The molecule has 0 aliphatic rings. The van der Waals surface area contributed by atoms with E-state index in [9.17, 15) is 5.48 Å². The molecule has 0 amide bonds. The van der Waals surface area contributed by atoms with Crippen molar-refractivity contribution in [2.75, 3.05) is 0 Å². The van der Waals surface area contributed by atoms with Crippen LogP contribution in [-0.2, 0) is 0 Å². The van der Waals surface area contributed by atoms with E-state index in [2.05, 4.69) is 6.07 Å². The molecule has 11 rings (SSSR count). The molecule has 11 aromatic rings. The van der Waals surface area contributed by atoms with Gasteiger partial charge in [-0.2, -0.15) is 0 Å². The highest BCUT2D eigenvalue weighted by Crippen LogP contribution is 2.40. The summed E-state index contributed by atoms with van der Waals surface area (Å²) < 4.78 is 72.1. The molecular weight excluding hydrogens is 685 g/mol. The monoisotopic (exact) mass is 723 g/mol. The molecule has 56 heavy (non-hydrogen) atoms. The normalized spacial score (nSPS) is 13.3. The molecule has 5 nitrogen and oxygen atoms in total. The minimum absolute atomic E-state index is 0.0343. The number of benzene rings is 8. The van der Waals surface area contributed by atoms with Crippen LogP contribution < -0.4 is 0 Å².